The minimum atomic E-state index is 0.488. The summed E-state index contributed by atoms with van der Waals surface area (Å²) in [6.45, 7) is 3.15. The van der Waals surface area contributed by atoms with Crippen LogP contribution in [0.2, 0.25) is 0 Å². The zero-order valence-corrected chi connectivity index (χ0v) is 13.3. The molecule has 0 fully saturated rings. The van der Waals surface area contributed by atoms with E-state index >= 15 is 0 Å². The van der Waals surface area contributed by atoms with Gasteiger partial charge in [0.2, 0.25) is 0 Å². The quantitative estimate of drug-likeness (QED) is 0.758. The summed E-state index contributed by atoms with van der Waals surface area (Å²) in [5, 5.41) is 3.47. The van der Waals surface area contributed by atoms with Crippen molar-refractivity contribution in [3.05, 3.63) is 63.0 Å². The van der Waals surface area contributed by atoms with E-state index in [-0.39, 0.29) is 0 Å². The number of hydrogen-bond acceptors (Lipinski definition) is 1. The van der Waals surface area contributed by atoms with E-state index in [2.05, 4.69) is 86.6 Å². The lowest BCUT2D eigenvalue weighted by molar-refractivity contribution is 0.804. The third kappa shape index (κ3) is 3.59. The number of benzene rings is 2. The summed E-state index contributed by atoms with van der Waals surface area (Å²) < 4.78 is 2.16. The summed E-state index contributed by atoms with van der Waals surface area (Å²) in [6.07, 6.45) is 0. The van der Waals surface area contributed by atoms with Gasteiger partial charge >= 0.3 is 0 Å². The molecule has 0 radical (unpaired) electrons. The summed E-state index contributed by atoms with van der Waals surface area (Å²) in [5.41, 5.74) is 2.49. The Kier molecular flexibility index (Phi) is 4.84. The van der Waals surface area contributed by atoms with Crippen LogP contribution < -0.4 is 5.32 Å². The largest absolute Gasteiger partial charge is 0.384 e. The molecule has 94 valence electrons. The highest BCUT2D eigenvalue weighted by atomic mass is 79.9. The fourth-order valence-electron chi connectivity index (χ4n) is 1.80. The minimum absolute atomic E-state index is 0.488. The maximum atomic E-state index is 3.56. The molecule has 2 aromatic rings. The molecular weight excluding hydrogens is 354 g/mol. The summed E-state index contributed by atoms with van der Waals surface area (Å²) in [5.74, 6) is 0.488. The van der Waals surface area contributed by atoms with Gasteiger partial charge in [0.25, 0.3) is 0 Å². The fourth-order valence-corrected chi connectivity index (χ4v) is 2.98. The molecule has 0 aliphatic rings. The lowest BCUT2D eigenvalue weighted by Crippen LogP contribution is -2.10. The van der Waals surface area contributed by atoms with Crippen LogP contribution in [0.25, 0.3) is 0 Å². The Hall–Kier alpha value is -0.800. The first kappa shape index (κ1) is 13.6. The van der Waals surface area contributed by atoms with E-state index in [9.17, 15) is 0 Å². The number of halogens is 2. The minimum Gasteiger partial charge on any atom is -0.384 e. The molecule has 0 spiro atoms. The van der Waals surface area contributed by atoms with Gasteiger partial charge in [-0.1, -0.05) is 53.2 Å². The van der Waals surface area contributed by atoms with Crippen LogP contribution in [0.3, 0.4) is 0 Å². The summed E-state index contributed by atoms with van der Waals surface area (Å²) in [7, 11) is 0. The highest BCUT2D eigenvalue weighted by Crippen LogP contribution is 2.27. The maximum absolute atomic E-state index is 3.56. The lowest BCUT2D eigenvalue weighted by atomic mass is 10.0. The van der Waals surface area contributed by atoms with E-state index in [1.165, 1.54) is 5.56 Å². The van der Waals surface area contributed by atoms with Gasteiger partial charge in [0.1, 0.15) is 0 Å². The molecule has 2 rings (SSSR count). The second-order valence-corrected chi connectivity index (χ2v) is 6.09. The average Bonchev–Trinajstić information content (AvgIpc) is 2.38. The van der Waals surface area contributed by atoms with Gasteiger partial charge in [-0.3, -0.25) is 0 Å². The van der Waals surface area contributed by atoms with E-state index < -0.39 is 0 Å². The Morgan fingerprint density at radius 3 is 2.44 bits per heavy atom. The molecule has 0 saturated carbocycles. The molecule has 0 aliphatic heterocycles. The van der Waals surface area contributed by atoms with Gasteiger partial charge in [0.15, 0.2) is 0 Å². The van der Waals surface area contributed by atoms with Gasteiger partial charge in [-0.2, -0.15) is 0 Å². The van der Waals surface area contributed by atoms with Gasteiger partial charge in [-0.05, 0) is 45.6 Å². The number of anilines is 1. The average molecular weight is 369 g/mol. The van der Waals surface area contributed by atoms with Crippen LogP contribution in [0.1, 0.15) is 18.4 Å². The van der Waals surface area contributed by atoms with Gasteiger partial charge in [-0.15, -0.1) is 0 Å². The first-order chi connectivity index (χ1) is 8.66. The standard InChI is InChI=1S/C15H15Br2N/c1-11(12-5-3-2-4-6-12)10-18-15-8-7-13(16)9-14(15)17/h2-9,11,18H,10H2,1H3. The molecule has 0 aromatic heterocycles. The van der Waals surface area contributed by atoms with Crippen LogP contribution in [0.5, 0.6) is 0 Å². The Balaban J connectivity index is 1.99. The molecule has 0 bridgehead atoms. The van der Waals surface area contributed by atoms with Gasteiger partial charge in [0, 0.05) is 21.2 Å². The summed E-state index contributed by atoms with van der Waals surface area (Å²) >= 11 is 7.02. The second kappa shape index (κ2) is 6.39. The number of nitrogens with one attached hydrogen (secondary N) is 1. The van der Waals surface area contributed by atoms with Crippen molar-refractivity contribution in [2.45, 2.75) is 12.8 Å². The highest BCUT2D eigenvalue weighted by molar-refractivity contribution is 9.11. The van der Waals surface area contributed by atoms with Gasteiger partial charge in [-0.25, -0.2) is 0 Å². The van der Waals surface area contributed by atoms with Crippen molar-refractivity contribution in [1.82, 2.24) is 0 Å². The first-order valence-electron chi connectivity index (χ1n) is 5.90. The molecule has 2 aromatic carbocycles. The number of hydrogen-bond donors (Lipinski definition) is 1. The monoisotopic (exact) mass is 367 g/mol. The third-order valence-corrected chi connectivity index (χ3v) is 4.05. The molecule has 0 heterocycles. The molecule has 0 saturated heterocycles. The van der Waals surface area contributed by atoms with Crippen LogP contribution in [-0.4, -0.2) is 6.54 Å². The van der Waals surface area contributed by atoms with Gasteiger partial charge < -0.3 is 5.32 Å². The van der Waals surface area contributed by atoms with E-state index in [0.29, 0.717) is 5.92 Å². The summed E-state index contributed by atoms with van der Waals surface area (Å²) in [4.78, 5) is 0. The summed E-state index contributed by atoms with van der Waals surface area (Å²) in [6, 6.07) is 16.7. The Morgan fingerprint density at radius 1 is 1.06 bits per heavy atom. The predicted octanol–water partition coefficient (Wildman–Crippen LogP) is 5.43. The van der Waals surface area contributed by atoms with Crippen molar-refractivity contribution in [2.75, 3.05) is 11.9 Å². The predicted molar refractivity (Wildman–Crippen MR) is 85.2 cm³/mol. The van der Waals surface area contributed by atoms with Crippen molar-refractivity contribution in [3.63, 3.8) is 0 Å². The zero-order chi connectivity index (χ0) is 13.0. The van der Waals surface area contributed by atoms with Crippen molar-refractivity contribution in [1.29, 1.82) is 0 Å². The molecule has 18 heavy (non-hydrogen) atoms. The topological polar surface area (TPSA) is 12.0 Å². The van der Waals surface area contributed by atoms with Gasteiger partial charge in [0.05, 0.1) is 0 Å². The molecule has 1 nitrogen and oxygen atoms in total. The molecule has 1 atom stereocenters. The van der Waals surface area contributed by atoms with Crippen LogP contribution in [0, 0.1) is 0 Å². The Morgan fingerprint density at radius 2 is 1.78 bits per heavy atom. The van der Waals surface area contributed by atoms with Crippen LogP contribution >= 0.6 is 31.9 Å². The Bertz CT molecular complexity index is 511. The van der Waals surface area contributed by atoms with Crippen LogP contribution in [0.15, 0.2) is 57.5 Å². The molecule has 0 aliphatic carbocycles. The van der Waals surface area contributed by atoms with Crippen LogP contribution in [0.4, 0.5) is 5.69 Å². The zero-order valence-electron chi connectivity index (χ0n) is 10.2. The molecule has 3 heteroatoms. The smallest absolute Gasteiger partial charge is 0.0485 e. The maximum Gasteiger partial charge on any atom is 0.0485 e. The number of rotatable bonds is 4. The van der Waals surface area contributed by atoms with E-state index in [0.717, 1.165) is 21.2 Å². The molecule has 0 amide bonds. The molecule has 1 unspecified atom stereocenters. The lowest BCUT2D eigenvalue weighted by Gasteiger charge is -2.15. The Labute approximate surface area is 125 Å². The third-order valence-electron chi connectivity index (χ3n) is 2.90. The van der Waals surface area contributed by atoms with Crippen molar-refractivity contribution < 1.29 is 0 Å². The van der Waals surface area contributed by atoms with E-state index in [1.54, 1.807) is 0 Å². The van der Waals surface area contributed by atoms with Crippen LogP contribution in [-0.2, 0) is 0 Å². The highest BCUT2D eigenvalue weighted by Gasteiger charge is 2.06. The SMILES string of the molecule is CC(CNc1ccc(Br)cc1Br)c1ccccc1. The second-order valence-electron chi connectivity index (χ2n) is 4.32. The fraction of sp³-hybridized carbons (Fsp3) is 0.200. The normalized spacial score (nSPS) is 12.2. The molecular formula is C15H15Br2N. The first-order valence-corrected chi connectivity index (χ1v) is 7.49. The van der Waals surface area contributed by atoms with Crippen molar-refractivity contribution in [3.8, 4) is 0 Å². The van der Waals surface area contributed by atoms with E-state index in [4.69, 9.17) is 0 Å². The van der Waals surface area contributed by atoms with Crippen molar-refractivity contribution in [2.24, 2.45) is 0 Å². The van der Waals surface area contributed by atoms with Crippen molar-refractivity contribution >= 4 is 37.5 Å². The van der Waals surface area contributed by atoms with E-state index in [1.807, 2.05) is 6.07 Å². The molecule has 1 N–H and O–H groups in total.